The second-order valence-corrected chi connectivity index (χ2v) is 3.66. The van der Waals surface area contributed by atoms with E-state index in [1.165, 1.54) is 13.3 Å². The lowest BCUT2D eigenvalue weighted by molar-refractivity contribution is -0.142. The van der Waals surface area contributed by atoms with E-state index in [9.17, 15) is 4.79 Å². The molecule has 0 N–H and O–H groups in total. The van der Waals surface area contributed by atoms with Crippen LogP contribution in [-0.4, -0.2) is 12.6 Å². The number of rotatable bonds is 5. The van der Waals surface area contributed by atoms with Crippen molar-refractivity contribution in [3.63, 3.8) is 0 Å². The summed E-state index contributed by atoms with van der Waals surface area (Å²) in [6.45, 7) is 8.55. The summed E-state index contributed by atoms with van der Waals surface area (Å²) in [6.07, 6.45) is 2.34. The maximum absolute atomic E-state index is 10.5. The summed E-state index contributed by atoms with van der Waals surface area (Å²) < 4.78 is 4.91. The van der Waals surface area contributed by atoms with Gasteiger partial charge in [-0.05, 0) is 18.3 Å². The Morgan fingerprint density at radius 3 is 2.33 bits per heavy atom. The first-order chi connectivity index (χ1) is 5.56. The standard InChI is InChI=1S/C10H20O2/c1-5-8(2)6-9(3)7-12-10(4)11/h8-9H,5-7H2,1-4H3/t8-,9-/m0/s1. The molecule has 0 saturated carbocycles. The third kappa shape index (κ3) is 6.20. The van der Waals surface area contributed by atoms with Gasteiger partial charge in [-0.25, -0.2) is 0 Å². The first-order valence-corrected chi connectivity index (χ1v) is 4.69. The van der Waals surface area contributed by atoms with Crippen LogP contribution in [0.1, 0.15) is 40.5 Å². The van der Waals surface area contributed by atoms with Gasteiger partial charge in [-0.1, -0.05) is 27.2 Å². The molecule has 0 aromatic carbocycles. The summed E-state index contributed by atoms with van der Waals surface area (Å²) in [7, 11) is 0. The molecule has 72 valence electrons. The van der Waals surface area contributed by atoms with E-state index in [0.717, 1.165) is 12.3 Å². The highest BCUT2D eigenvalue weighted by atomic mass is 16.5. The third-order valence-corrected chi connectivity index (χ3v) is 2.07. The van der Waals surface area contributed by atoms with Gasteiger partial charge in [-0.15, -0.1) is 0 Å². The molecule has 0 bridgehead atoms. The van der Waals surface area contributed by atoms with E-state index in [2.05, 4.69) is 20.8 Å². The van der Waals surface area contributed by atoms with Crippen LogP contribution in [0.3, 0.4) is 0 Å². The van der Waals surface area contributed by atoms with Crippen LogP contribution in [0.2, 0.25) is 0 Å². The molecule has 0 radical (unpaired) electrons. The lowest BCUT2D eigenvalue weighted by Gasteiger charge is -2.15. The zero-order valence-corrected chi connectivity index (χ0v) is 8.59. The average molecular weight is 172 g/mol. The summed E-state index contributed by atoms with van der Waals surface area (Å²) >= 11 is 0. The Kier molecular flexibility index (Phi) is 5.77. The molecule has 0 spiro atoms. The summed E-state index contributed by atoms with van der Waals surface area (Å²) in [5.41, 5.74) is 0. The van der Waals surface area contributed by atoms with E-state index >= 15 is 0 Å². The van der Waals surface area contributed by atoms with Crippen LogP contribution in [0.4, 0.5) is 0 Å². The Morgan fingerprint density at radius 1 is 1.33 bits per heavy atom. The quantitative estimate of drug-likeness (QED) is 0.596. The normalized spacial score (nSPS) is 15.3. The largest absolute Gasteiger partial charge is 0.466 e. The molecule has 0 unspecified atom stereocenters. The van der Waals surface area contributed by atoms with Crippen LogP contribution in [0, 0.1) is 11.8 Å². The summed E-state index contributed by atoms with van der Waals surface area (Å²) in [5, 5.41) is 0. The van der Waals surface area contributed by atoms with Crippen LogP contribution in [0.15, 0.2) is 0 Å². The second-order valence-electron chi connectivity index (χ2n) is 3.66. The smallest absolute Gasteiger partial charge is 0.302 e. The van der Waals surface area contributed by atoms with Gasteiger partial charge in [-0.2, -0.15) is 0 Å². The number of ether oxygens (including phenoxy) is 1. The summed E-state index contributed by atoms with van der Waals surface area (Å²) in [5.74, 6) is 1.05. The van der Waals surface area contributed by atoms with Gasteiger partial charge in [-0.3, -0.25) is 4.79 Å². The molecule has 0 heterocycles. The van der Waals surface area contributed by atoms with E-state index in [0.29, 0.717) is 12.5 Å². The molecule has 0 aromatic heterocycles. The molecule has 2 atom stereocenters. The molecule has 0 saturated heterocycles. The number of hydrogen-bond acceptors (Lipinski definition) is 2. The van der Waals surface area contributed by atoms with Gasteiger partial charge in [0.15, 0.2) is 0 Å². The van der Waals surface area contributed by atoms with Crippen molar-refractivity contribution in [1.29, 1.82) is 0 Å². The molecular formula is C10H20O2. The van der Waals surface area contributed by atoms with Crippen LogP contribution < -0.4 is 0 Å². The highest BCUT2D eigenvalue weighted by Gasteiger charge is 2.08. The van der Waals surface area contributed by atoms with Gasteiger partial charge < -0.3 is 4.74 Å². The Balaban J connectivity index is 3.45. The van der Waals surface area contributed by atoms with Crippen molar-refractivity contribution in [2.45, 2.75) is 40.5 Å². The van der Waals surface area contributed by atoms with Gasteiger partial charge >= 0.3 is 5.97 Å². The Morgan fingerprint density at radius 2 is 1.92 bits per heavy atom. The van der Waals surface area contributed by atoms with Gasteiger partial charge in [0.1, 0.15) is 0 Å². The zero-order valence-electron chi connectivity index (χ0n) is 8.59. The second kappa shape index (κ2) is 6.04. The number of esters is 1. The van der Waals surface area contributed by atoms with Crippen molar-refractivity contribution in [3.05, 3.63) is 0 Å². The van der Waals surface area contributed by atoms with Crippen molar-refractivity contribution in [2.24, 2.45) is 11.8 Å². The monoisotopic (exact) mass is 172 g/mol. The van der Waals surface area contributed by atoms with Crippen LogP contribution >= 0.6 is 0 Å². The van der Waals surface area contributed by atoms with Crippen molar-refractivity contribution in [3.8, 4) is 0 Å². The lowest BCUT2D eigenvalue weighted by atomic mass is 9.96. The molecule has 0 aliphatic heterocycles. The molecule has 0 amide bonds. The zero-order chi connectivity index (χ0) is 9.56. The summed E-state index contributed by atoms with van der Waals surface area (Å²) in [6, 6.07) is 0. The van der Waals surface area contributed by atoms with Gasteiger partial charge in [0.05, 0.1) is 6.61 Å². The predicted octanol–water partition coefficient (Wildman–Crippen LogP) is 2.62. The van der Waals surface area contributed by atoms with Crippen molar-refractivity contribution in [2.75, 3.05) is 6.61 Å². The minimum atomic E-state index is -0.175. The van der Waals surface area contributed by atoms with E-state index in [-0.39, 0.29) is 5.97 Å². The first kappa shape index (κ1) is 11.5. The molecule has 0 aliphatic carbocycles. The minimum absolute atomic E-state index is 0.175. The fraction of sp³-hybridized carbons (Fsp3) is 0.900. The van der Waals surface area contributed by atoms with Gasteiger partial charge in [0.25, 0.3) is 0 Å². The predicted molar refractivity (Wildman–Crippen MR) is 49.9 cm³/mol. The number of hydrogen-bond donors (Lipinski definition) is 0. The molecule has 12 heavy (non-hydrogen) atoms. The third-order valence-electron chi connectivity index (χ3n) is 2.07. The van der Waals surface area contributed by atoms with Crippen LogP contribution in [0.5, 0.6) is 0 Å². The molecule has 2 nitrogen and oxygen atoms in total. The van der Waals surface area contributed by atoms with Crippen LogP contribution in [0.25, 0.3) is 0 Å². The van der Waals surface area contributed by atoms with Gasteiger partial charge in [0.2, 0.25) is 0 Å². The van der Waals surface area contributed by atoms with E-state index < -0.39 is 0 Å². The fourth-order valence-electron chi connectivity index (χ4n) is 1.18. The average Bonchev–Trinajstić information content (AvgIpc) is 2.00. The first-order valence-electron chi connectivity index (χ1n) is 4.69. The molecule has 0 aromatic rings. The van der Waals surface area contributed by atoms with Crippen molar-refractivity contribution < 1.29 is 9.53 Å². The Labute approximate surface area is 75.3 Å². The number of carbonyl (C=O) groups is 1. The molecule has 2 heteroatoms. The number of carbonyl (C=O) groups excluding carboxylic acids is 1. The van der Waals surface area contributed by atoms with E-state index in [1.807, 2.05) is 0 Å². The van der Waals surface area contributed by atoms with Gasteiger partial charge in [0, 0.05) is 6.92 Å². The lowest BCUT2D eigenvalue weighted by Crippen LogP contribution is -2.12. The Hall–Kier alpha value is -0.530. The molecule has 0 fully saturated rings. The van der Waals surface area contributed by atoms with Crippen molar-refractivity contribution in [1.82, 2.24) is 0 Å². The molecule has 0 aliphatic rings. The minimum Gasteiger partial charge on any atom is -0.466 e. The molecular weight excluding hydrogens is 152 g/mol. The van der Waals surface area contributed by atoms with E-state index in [4.69, 9.17) is 4.74 Å². The summed E-state index contributed by atoms with van der Waals surface area (Å²) in [4.78, 5) is 10.5. The van der Waals surface area contributed by atoms with Crippen LogP contribution in [-0.2, 0) is 9.53 Å². The SMILES string of the molecule is CC[C@H](C)C[C@H](C)COC(C)=O. The Bertz CT molecular complexity index is 132. The van der Waals surface area contributed by atoms with Crippen molar-refractivity contribution >= 4 is 5.97 Å². The highest BCUT2D eigenvalue weighted by Crippen LogP contribution is 2.14. The van der Waals surface area contributed by atoms with E-state index in [1.54, 1.807) is 0 Å². The maximum Gasteiger partial charge on any atom is 0.302 e. The maximum atomic E-state index is 10.5. The molecule has 0 rings (SSSR count). The highest BCUT2D eigenvalue weighted by molar-refractivity contribution is 5.65. The topological polar surface area (TPSA) is 26.3 Å². The fourth-order valence-corrected chi connectivity index (χ4v) is 1.18.